The van der Waals surface area contributed by atoms with Crippen LogP contribution in [0.2, 0.25) is 0 Å². The number of aryl methyl sites for hydroxylation is 1. The van der Waals surface area contributed by atoms with Gasteiger partial charge in [0, 0.05) is 11.4 Å². The van der Waals surface area contributed by atoms with Crippen LogP contribution in [0.25, 0.3) is 11.0 Å². The minimum atomic E-state index is -0.602. The van der Waals surface area contributed by atoms with Gasteiger partial charge in [0.25, 0.3) is 5.91 Å². The fourth-order valence-electron chi connectivity index (χ4n) is 1.79. The summed E-state index contributed by atoms with van der Waals surface area (Å²) in [6, 6.07) is 7.09. The second-order valence-corrected chi connectivity index (χ2v) is 4.57. The fraction of sp³-hybridized carbons (Fsp3) is 0.286. The average molecular weight is 245 g/mol. The number of carbonyl (C=O) groups excluding carboxylic acids is 1. The van der Waals surface area contributed by atoms with Crippen LogP contribution in [-0.2, 0) is 0 Å². The number of para-hydroxylation sites is 1. The van der Waals surface area contributed by atoms with Gasteiger partial charge in [-0.25, -0.2) is 4.79 Å². The van der Waals surface area contributed by atoms with E-state index in [1.165, 1.54) is 0 Å². The smallest absolute Gasteiger partial charge is 0.349 e. The lowest BCUT2D eigenvalue weighted by atomic mass is 10.1. The molecule has 1 heterocycles. The molecule has 2 rings (SSSR count). The third-order valence-electron chi connectivity index (χ3n) is 2.62. The Kier molecular flexibility index (Phi) is 3.19. The first-order valence-corrected chi connectivity index (χ1v) is 5.83. The fourth-order valence-corrected chi connectivity index (χ4v) is 1.79. The maximum atomic E-state index is 11.8. The first-order chi connectivity index (χ1) is 8.49. The van der Waals surface area contributed by atoms with Gasteiger partial charge in [0.05, 0.1) is 0 Å². The van der Waals surface area contributed by atoms with Crippen molar-refractivity contribution in [2.75, 3.05) is 0 Å². The number of fused-ring (bicyclic) bond motifs is 1. The molecule has 4 heteroatoms. The summed E-state index contributed by atoms with van der Waals surface area (Å²) in [5, 5.41) is 3.43. The Labute approximate surface area is 105 Å². The Hall–Kier alpha value is -2.10. The summed E-state index contributed by atoms with van der Waals surface area (Å²) in [6.07, 6.45) is 0. The molecule has 0 saturated carbocycles. The summed E-state index contributed by atoms with van der Waals surface area (Å²) in [7, 11) is 0. The summed E-state index contributed by atoms with van der Waals surface area (Å²) in [6.45, 7) is 5.54. The molecule has 0 atom stereocenters. The second-order valence-electron chi connectivity index (χ2n) is 4.57. The van der Waals surface area contributed by atoms with Crippen LogP contribution >= 0.6 is 0 Å². The van der Waals surface area contributed by atoms with E-state index in [1.807, 2.05) is 39.0 Å². The molecule has 0 unspecified atom stereocenters. The van der Waals surface area contributed by atoms with Gasteiger partial charge in [-0.1, -0.05) is 18.2 Å². The van der Waals surface area contributed by atoms with Gasteiger partial charge in [-0.2, -0.15) is 0 Å². The maximum absolute atomic E-state index is 11.8. The first-order valence-electron chi connectivity index (χ1n) is 5.83. The lowest BCUT2D eigenvalue weighted by molar-refractivity contribution is 0.0939. The monoisotopic (exact) mass is 245 g/mol. The molecule has 0 radical (unpaired) electrons. The van der Waals surface area contributed by atoms with Gasteiger partial charge in [-0.3, -0.25) is 4.79 Å². The molecule has 18 heavy (non-hydrogen) atoms. The van der Waals surface area contributed by atoms with Crippen molar-refractivity contribution in [1.29, 1.82) is 0 Å². The third kappa shape index (κ3) is 2.27. The molecule has 1 aromatic heterocycles. The van der Waals surface area contributed by atoms with E-state index >= 15 is 0 Å². The molecule has 1 amide bonds. The molecule has 1 N–H and O–H groups in total. The minimum Gasteiger partial charge on any atom is -0.422 e. The Morgan fingerprint density at radius 1 is 1.33 bits per heavy atom. The summed E-state index contributed by atoms with van der Waals surface area (Å²) < 4.78 is 5.21. The van der Waals surface area contributed by atoms with Crippen molar-refractivity contribution in [3.8, 4) is 0 Å². The summed E-state index contributed by atoms with van der Waals surface area (Å²) in [5.74, 6) is -0.401. The molecule has 0 bridgehead atoms. The van der Waals surface area contributed by atoms with Crippen molar-refractivity contribution in [1.82, 2.24) is 5.32 Å². The first kappa shape index (κ1) is 12.4. The zero-order valence-electron chi connectivity index (χ0n) is 10.6. The van der Waals surface area contributed by atoms with Crippen LogP contribution in [0.4, 0.5) is 0 Å². The number of benzene rings is 1. The molecule has 94 valence electrons. The number of rotatable bonds is 2. The van der Waals surface area contributed by atoms with E-state index in [2.05, 4.69) is 5.32 Å². The highest BCUT2D eigenvalue weighted by Crippen LogP contribution is 2.17. The van der Waals surface area contributed by atoms with Crippen molar-refractivity contribution in [2.45, 2.75) is 26.8 Å². The topological polar surface area (TPSA) is 59.3 Å². The van der Waals surface area contributed by atoms with Crippen LogP contribution < -0.4 is 10.9 Å². The van der Waals surface area contributed by atoms with E-state index in [0.717, 1.165) is 10.9 Å². The van der Waals surface area contributed by atoms with Crippen molar-refractivity contribution < 1.29 is 9.21 Å². The van der Waals surface area contributed by atoms with Crippen LogP contribution in [-0.4, -0.2) is 11.9 Å². The zero-order chi connectivity index (χ0) is 13.3. The zero-order valence-corrected chi connectivity index (χ0v) is 10.6. The van der Waals surface area contributed by atoms with Gasteiger partial charge in [-0.15, -0.1) is 0 Å². The molecule has 0 aliphatic carbocycles. The highest BCUT2D eigenvalue weighted by atomic mass is 16.4. The van der Waals surface area contributed by atoms with Crippen molar-refractivity contribution in [3.63, 3.8) is 0 Å². The van der Waals surface area contributed by atoms with Crippen molar-refractivity contribution in [2.24, 2.45) is 0 Å². The third-order valence-corrected chi connectivity index (χ3v) is 2.62. The molecule has 0 spiro atoms. The lowest BCUT2D eigenvalue weighted by Gasteiger charge is -2.08. The van der Waals surface area contributed by atoms with E-state index in [1.54, 1.807) is 6.07 Å². The summed E-state index contributed by atoms with van der Waals surface area (Å²) in [4.78, 5) is 23.6. The standard InChI is InChI=1S/C14H15NO3/c1-8(2)15-13(16)11-7-10-6-4-5-9(3)12(10)18-14(11)17/h4-8H,1-3H3,(H,15,16). The molecular weight excluding hydrogens is 230 g/mol. The molecule has 0 aliphatic rings. The van der Waals surface area contributed by atoms with Crippen LogP contribution in [0.15, 0.2) is 33.5 Å². The average Bonchev–Trinajstić information content (AvgIpc) is 2.28. The normalized spacial score (nSPS) is 10.9. The maximum Gasteiger partial charge on any atom is 0.349 e. The molecule has 0 aliphatic heterocycles. The Balaban J connectivity index is 2.57. The Morgan fingerprint density at radius 3 is 2.72 bits per heavy atom. The van der Waals surface area contributed by atoms with Gasteiger partial charge in [0.15, 0.2) is 0 Å². The molecule has 4 nitrogen and oxygen atoms in total. The number of amides is 1. The quantitative estimate of drug-likeness (QED) is 0.825. The molecule has 2 aromatic rings. The van der Waals surface area contributed by atoms with E-state index in [4.69, 9.17) is 4.42 Å². The number of hydrogen-bond donors (Lipinski definition) is 1. The van der Waals surface area contributed by atoms with Gasteiger partial charge < -0.3 is 9.73 Å². The van der Waals surface area contributed by atoms with E-state index in [0.29, 0.717) is 5.58 Å². The number of hydrogen-bond acceptors (Lipinski definition) is 3. The van der Waals surface area contributed by atoms with Gasteiger partial charge in [0.2, 0.25) is 0 Å². The summed E-state index contributed by atoms with van der Waals surface area (Å²) in [5.41, 5.74) is 0.848. The SMILES string of the molecule is Cc1cccc2cc(C(=O)NC(C)C)c(=O)oc12. The van der Waals surface area contributed by atoms with Gasteiger partial charge >= 0.3 is 5.63 Å². The molecular formula is C14H15NO3. The van der Waals surface area contributed by atoms with E-state index in [-0.39, 0.29) is 11.6 Å². The number of carbonyl (C=O) groups is 1. The highest BCUT2D eigenvalue weighted by Gasteiger charge is 2.14. The van der Waals surface area contributed by atoms with Gasteiger partial charge in [-0.05, 0) is 32.4 Å². The molecule has 1 aromatic carbocycles. The van der Waals surface area contributed by atoms with Crippen LogP contribution in [0.3, 0.4) is 0 Å². The highest BCUT2D eigenvalue weighted by molar-refractivity contribution is 5.97. The van der Waals surface area contributed by atoms with E-state index in [9.17, 15) is 9.59 Å². The van der Waals surface area contributed by atoms with E-state index < -0.39 is 11.5 Å². The van der Waals surface area contributed by atoms with Crippen LogP contribution in [0.1, 0.15) is 29.8 Å². The minimum absolute atomic E-state index is 0.0230. The van der Waals surface area contributed by atoms with Crippen molar-refractivity contribution >= 4 is 16.9 Å². The van der Waals surface area contributed by atoms with Crippen LogP contribution in [0, 0.1) is 6.92 Å². The predicted molar refractivity (Wildman–Crippen MR) is 69.8 cm³/mol. The second kappa shape index (κ2) is 4.64. The largest absolute Gasteiger partial charge is 0.422 e. The van der Waals surface area contributed by atoms with Crippen molar-refractivity contribution in [3.05, 3.63) is 45.8 Å². The summed E-state index contributed by atoms with van der Waals surface area (Å²) >= 11 is 0. The van der Waals surface area contributed by atoms with Crippen LogP contribution in [0.5, 0.6) is 0 Å². The lowest BCUT2D eigenvalue weighted by Crippen LogP contribution is -2.33. The number of nitrogens with one attached hydrogen (secondary N) is 1. The molecule has 0 fully saturated rings. The van der Waals surface area contributed by atoms with Gasteiger partial charge in [0.1, 0.15) is 11.1 Å². The predicted octanol–water partition coefficient (Wildman–Crippen LogP) is 2.24. The Morgan fingerprint density at radius 2 is 2.06 bits per heavy atom. The molecule has 0 saturated heterocycles. The Bertz CT molecular complexity index is 656.